The number of hydrogen-bond acceptors (Lipinski definition) is 1. The van der Waals surface area contributed by atoms with Crippen LogP contribution in [-0.2, 0) is 4.79 Å². The van der Waals surface area contributed by atoms with Gasteiger partial charge in [0.15, 0.2) is 0 Å². The van der Waals surface area contributed by atoms with E-state index in [1.807, 2.05) is 6.08 Å². The zero-order valence-electron chi connectivity index (χ0n) is 7.55. The van der Waals surface area contributed by atoms with E-state index < -0.39 is 0 Å². The molecule has 11 heavy (non-hydrogen) atoms. The van der Waals surface area contributed by atoms with E-state index >= 15 is 0 Å². The van der Waals surface area contributed by atoms with Crippen molar-refractivity contribution in [3.8, 4) is 0 Å². The van der Waals surface area contributed by atoms with Gasteiger partial charge in [0.2, 0.25) is 0 Å². The summed E-state index contributed by atoms with van der Waals surface area (Å²) in [5.41, 5.74) is 0. The molecule has 0 spiro atoms. The normalized spacial score (nSPS) is 13.6. The van der Waals surface area contributed by atoms with Crippen molar-refractivity contribution in [2.24, 2.45) is 5.92 Å². The van der Waals surface area contributed by atoms with Crippen LogP contribution in [0.1, 0.15) is 39.5 Å². The second-order valence-corrected chi connectivity index (χ2v) is 3.01. The summed E-state index contributed by atoms with van der Waals surface area (Å²) in [6, 6.07) is 0. The molecule has 0 aliphatic rings. The first kappa shape index (κ1) is 10.4. The molecule has 0 rings (SSSR count). The van der Waals surface area contributed by atoms with Gasteiger partial charge in [-0.05, 0) is 24.8 Å². The van der Waals surface area contributed by atoms with E-state index in [4.69, 9.17) is 0 Å². The third-order valence-corrected chi connectivity index (χ3v) is 1.98. The van der Waals surface area contributed by atoms with Crippen molar-refractivity contribution in [1.82, 2.24) is 0 Å². The minimum absolute atomic E-state index is 0.833. The monoisotopic (exact) mass is 154 g/mol. The molecule has 0 bridgehead atoms. The Kier molecular flexibility index (Phi) is 7.11. The topological polar surface area (TPSA) is 17.1 Å². The summed E-state index contributed by atoms with van der Waals surface area (Å²) >= 11 is 0. The largest absolute Gasteiger partial charge is 0.299 e. The number of carbonyl (C=O) groups is 1. The first-order valence-electron chi connectivity index (χ1n) is 4.41. The highest BCUT2D eigenvalue weighted by molar-refractivity contribution is 5.64. The zero-order chi connectivity index (χ0) is 8.53. The van der Waals surface area contributed by atoms with Gasteiger partial charge in [0.05, 0.1) is 0 Å². The van der Waals surface area contributed by atoms with Crippen LogP contribution in [0.2, 0.25) is 0 Å². The van der Waals surface area contributed by atoms with Crippen molar-refractivity contribution < 1.29 is 4.79 Å². The molecule has 0 aromatic heterocycles. The van der Waals surface area contributed by atoms with Crippen LogP contribution >= 0.6 is 0 Å². The molecule has 0 N–H and O–H groups in total. The van der Waals surface area contributed by atoms with Gasteiger partial charge < -0.3 is 0 Å². The summed E-state index contributed by atoms with van der Waals surface area (Å²) in [7, 11) is 0. The molecule has 1 unspecified atom stereocenters. The van der Waals surface area contributed by atoms with Gasteiger partial charge in [-0.15, -0.1) is 0 Å². The summed E-state index contributed by atoms with van der Waals surface area (Å²) in [5, 5.41) is 0. The van der Waals surface area contributed by atoms with E-state index in [2.05, 4.69) is 13.8 Å². The van der Waals surface area contributed by atoms with Gasteiger partial charge in [-0.2, -0.15) is 0 Å². The van der Waals surface area contributed by atoms with Gasteiger partial charge in [-0.25, -0.2) is 0 Å². The standard InChI is InChI=1S/C10H18O/c1-3-10(2)8-6-4-5-7-9-11/h5,7,9-10H,3-4,6,8H2,1-2H3. The molecule has 1 heteroatoms. The molecule has 0 saturated carbocycles. The number of unbranched alkanes of at least 4 members (excludes halogenated alkanes) is 1. The molecule has 0 radical (unpaired) electrons. The molecule has 0 amide bonds. The highest BCUT2D eigenvalue weighted by atomic mass is 16.1. The Balaban J connectivity index is 3.13. The summed E-state index contributed by atoms with van der Waals surface area (Å²) in [4.78, 5) is 9.87. The van der Waals surface area contributed by atoms with Gasteiger partial charge >= 0.3 is 0 Å². The fourth-order valence-corrected chi connectivity index (χ4v) is 0.940. The lowest BCUT2D eigenvalue weighted by molar-refractivity contribution is -0.104. The Morgan fingerprint density at radius 2 is 2.18 bits per heavy atom. The molecule has 0 aromatic rings. The van der Waals surface area contributed by atoms with Crippen LogP contribution in [0.4, 0.5) is 0 Å². The van der Waals surface area contributed by atoms with Crippen LogP contribution in [-0.4, -0.2) is 6.29 Å². The molecule has 0 saturated heterocycles. The average Bonchev–Trinajstić information content (AvgIpc) is 2.04. The lowest BCUT2D eigenvalue weighted by Gasteiger charge is -2.04. The van der Waals surface area contributed by atoms with Crippen LogP contribution in [0.25, 0.3) is 0 Å². The Morgan fingerprint density at radius 3 is 2.73 bits per heavy atom. The molecular formula is C10H18O. The first-order chi connectivity index (χ1) is 5.31. The molecule has 0 fully saturated rings. The highest BCUT2D eigenvalue weighted by Gasteiger charge is 1.95. The Labute approximate surface area is 69.5 Å². The van der Waals surface area contributed by atoms with Crippen molar-refractivity contribution in [2.75, 3.05) is 0 Å². The van der Waals surface area contributed by atoms with E-state index in [0.29, 0.717) is 0 Å². The number of aldehydes is 1. The number of rotatable bonds is 6. The molecule has 64 valence electrons. The van der Waals surface area contributed by atoms with Crippen LogP contribution in [0.3, 0.4) is 0 Å². The summed E-state index contributed by atoms with van der Waals surface area (Å²) in [5.74, 6) is 0.833. The molecule has 0 aliphatic carbocycles. The van der Waals surface area contributed by atoms with Gasteiger partial charge in [-0.1, -0.05) is 32.8 Å². The van der Waals surface area contributed by atoms with Gasteiger partial charge in [0.25, 0.3) is 0 Å². The van der Waals surface area contributed by atoms with Crippen LogP contribution in [0.15, 0.2) is 12.2 Å². The maximum Gasteiger partial charge on any atom is 0.142 e. The Morgan fingerprint density at radius 1 is 1.45 bits per heavy atom. The van der Waals surface area contributed by atoms with E-state index in [0.717, 1.165) is 18.6 Å². The smallest absolute Gasteiger partial charge is 0.142 e. The Bertz CT molecular complexity index is 116. The van der Waals surface area contributed by atoms with Crippen molar-refractivity contribution in [3.05, 3.63) is 12.2 Å². The minimum atomic E-state index is 0.833. The number of allylic oxidation sites excluding steroid dienone is 2. The van der Waals surface area contributed by atoms with E-state index in [1.165, 1.54) is 19.3 Å². The summed E-state index contributed by atoms with van der Waals surface area (Å²) < 4.78 is 0. The number of hydrogen-bond donors (Lipinski definition) is 0. The lowest BCUT2D eigenvalue weighted by Crippen LogP contribution is -1.90. The average molecular weight is 154 g/mol. The van der Waals surface area contributed by atoms with Crippen LogP contribution in [0.5, 0.6) is 0 Å². The summed E-state index contributed by atoms with van der Waals surface area (Å²) in [6.07, 6.45) is 9.15. The second kappa shape index (κ2) is 7.52. The Hall–Kier alpha value is -0.590. The van der Waals surface area contributed by atoms with E-state index in [9.17, 15) is 4.79 Å². The maximum absolute atomic E-state index is 9.87. The third kappa shape index (κ3) is 7.31. The molecule has 0 aliphatic heterocycles. The van der Waals surface area contributed by atoms with Gasteiger partial charge in [-0.3, -0.25) is 4.79 Å². The van der Waals surface area contributed by atoms with Gasteiger partial charge in [0.1, 0.15) is 6.29 Å². The van der Waals surface area contributed by atoms with Crippen molar-refractivity contribution in [2.45, 2.75) is 39.5 Å². The lowest BCUT2D eigenvalue weighted by atomic mass is 10.0. The zero-order valence-corrected chi connectivity index (χ0v) is 7.55. The molecule has 0 aromatic carbocycles. The predicted octanol–water partition coefficient (Wildman–Crippen LogP) is 2.96. The van der Waals surface area contributed by atoms with Crippen LogP contribution < -0.4 is 0 Å². The number of carbonyl (C=O) groups excluding carboxylic acids is 1. The highest BCUT2D eigenvalue weighted by Crippen LogP contribution is 2.10. The quantitative estimate of drug-likeness (QED) is 0.326. The van der Waals surface area contributed by atoms with Crippen molar-refractivity contribution >= 4 is 6.29 Å². The van der Waals surface area contributed by atoms with Crippen molar-refractivity contribution in [1.29, 1.82) is 0 Å². The van der Waals surface area contributed by atoms with Crippen molar-refractivity contribution in [3.63, 3.8) is 0 Å². The van der Waals surface area contributed by atoms with E-state index in [-0.39, 0.29) is 0 Å². The molecule has 1 nitrogen and oxygen atoms in total. The predicted molar refractivity (Wildman–Crippen MR) is 48.5 cm³/mol. The minimum Gasteiger partial charge on any atom is -0.299 e. The second-order valence-electron chi connectivity index (χ2n) is 3.01. The summed E-state index contributed by atoms with van der Waals surface area (Å²) in [6.45, 7) is 4.48. The first-order valence-corrected chi connectivity index (χ1v) is 4.41. The fourth-order valence-electron chi connectivity index (χ4n) is 0.940. The fraction of sp³-hybridized carbons (Fsp3) is 0.700. The third-order valence-electron chi connectivity index (χ3n) is 1.98. The maximum atomic E-state index is 9.87. The van der Waals surface area contributed by atoms with E-state index in [1.54, 1.807) is 6.08 Å². The molecule has 0 heterocycles. The molecular weight excluding hydrogens is 136 g/mol. The molecule has 1 atom stereocenters. The van der Waals surface area contributed by atoms with Gasteiger partial charge in [0, 0.05) is 0 Å². The SMILES string of the molecule is CCC(C)CCCC=CC=O. The van der Waals surface area contributed by atoms with Crippen LogP contribution in [0, 0.1) is 5.92 Å².